The first-order chi connectivity index (χ1) is 20.1. The van der Waals surface area contributed by atoms with Crippen molar-refractivity contribution >= 4 is 5.91 Å². The predicted molar refractivity (Wildman–Crippen MR) is 164 cm³/mol. The summed E-state index contributed by atoms with van der Waals surface area (Å²) in [5.74, 6) is 0.915. The van der Waals surface area contributed by atoms with Crippen molar-refractivity contribution in [2.45, 2.75) is 32.0 Å². The van der Waals surface area contributed by atoms with Crippen LogP contribution in [0.25, 0.3) is 0 Å². The number of carbonyl (C=O) groups excluding carboxylic acids is 1. The van der Waals surface area contributed by atoms with Gasteiger partial charge in [-0.2, -0.15) is 0 Å². The molecule has 0 saturated heterocycles. The molecule has 0 radical (unpaired) electrons. The smallest absolute Gasteiger partial charge is 0.235 e. The number of carbonyl (C=O) groups is 1. The molecule has 206 valence electrons. The minimum atomic E-state index is -0.435. The van der Waals surface area contributed by atoms with Crippen LogP contribution >= 0.6 is 0 Å². The summed E-state index contributed by atoms with van der Waals surface area (Å²) in [4.78, 5) is 16.6. The summed E-state index contributed by atoms with van der Waals surface area (Å²) >= 11 is 0. The third kappa shape index (κ3) is 6.85. The van der Waals surface area contributed by atoms with Gasteiger partial charge in [0.1, 0.15) is 6.61 Å². The zero-order valence-electron chi connectivity index (χ0n) is 23.5. The van der Waals surface area contributed by atoms with Gasteiger partial charge in [-0.15, -0.1) is 0 Å². The Bertz CT molecular complexity index is 1480. The van der Waals surface area contributed by atoms with E-state index in [2.05, 4.69) is 19.1 Å². The van der Waals surface area contributed by atoms with Gasteiger partial charge in [0.2, 0.25) is 5.91 Å². The van der Waals surface area contributed by atoms with E-state index in [0.717, 1.165) is 27.8 Å². The van der Waals surface area contributed by atoms with E-state index in [1.165, 1.54) is 0 Å². The highest BCUT2D eigenvalue weighted by atomic mass is 16.5. The molecule has 41 heavy (non-hydrogen) atoms. The SMILES string of the molecule is COc1ccc(CN(C(=O)C(c2ccccc2)c2ccccc2)C(C)c2ccccc2)cc1OCc1ccccc1. The van der Waals surface area contributed by atoms with E-state index in [1.54, 1.807) is 7.11 Å². The number of nitrogens with zero attached hydrogens (tertiary/aromatic N) is 1. The van der Waals surface area contributed by atoms with Crippen LogP contribution < -0.4 is 9.47 Å². The van der Waals surface area contributed by atoms with Gasteiger partial charge in [-0.1, -0.05) is 127 Å². The molecule has 1 unspecified atom stereocenters. The fraction of sp³-hybridized carbons (Fsp3) is 0.162. The minimum absolute atomic E-state index is 0.0429. The second-order valence-corrected chi connectivity index (χ2v) is 10.1. The van der Waals surface area contributed by atoms with E-state index in [0.29, 0.717) is 24.7 Å². The number of rotatable bonds is 11. The number of hydrogen-bond acceptors (Lipinski definition) is 3. The van der Waals surface area contributed by atoms with E-state index in [4.69, 9.17) is 9.47 Å². The van der Waals surface area contributed by atoms with Crippen molar-refractivity contribution in [1.29, 1.82) is 0 Å². The van der Waals surface area contributed by atoms with E-state index >= 15 is 0 Å². The Morgan fingerprint density at radius 3 is 1.68 bits per heavy atom. The van der Waals surface area contributed by atoms with Crippen molar-refractivity contribution in [3.63, 3.8) is 0 Å². The van der Waals surface area contributed by atoms with E-state index in [1.807, 2.05) is 132 Å². The third-order valence-corrected chi connectivity index (χ3v) is 7.36. The number of hydrogen-bond donors (Lipinski definition) is 0. The van der Waals surface area contributed by atoms with Crippen molar-refractivity contribution in [2.24, 2.45) is 0 Å². The molecule has 0 bridgehead atoms. The maximum absolute atomic E-state index is 14.7. The summed E-state index contributed by atoms with van der Waals surface area (Å²) in [6.07, 6.45) is 0. The van der Waals surface area contributed by atoms with Gasteiger partial charge >= 0.3 is 0 Å². The van der Waals surface area contributed by atoms with Crippen LogP contribution in [0.4, 0.5) is 0 Å². The van der Waals surface area contributed by atoms with Crippen molar-refractivity contribution in [3.8, 4) is 11.5 Å². The average Bonchev–Trinajstić information content (AvgIpc) is 3.04. The Labute approximate surface area is 242 Å². The number of methoxy groups -OCH3 is 1. The van der Waals surface area contributed by atoms with Gasteiger partial charge in [-0.25, -0.2) is 0 Å². The Morgan fingerprint density at radius 2 is 1.15 bits per heavy atom. The summed E-state index contributed by atoms with van der Waals surface area (Å²) < 4.78 is 11.8. The molecule has 5 aromatic carbocycles. The summed E-state index contributed by atoms with van der Waals surface area (Å²) in [5, 5.41) is 0. The summed E-state index contributed by atoms with van der Waals surface area (Å²) in [6, 6.07) is 46.0. The van der Waals surface area contributed by atoms with Gasteiger partial charge < -0.3 is 14.4 Å². The molecule has 0 saturated carbocycles. The van der Waals surface area contributed by atoms with E-state index in [-0.39, 0.29) is 11.9 Å². The van der Waals surface area contributed by atoms with Gasteiger partial charge in [-0.05, 0) is 46.9 Å². The van der Waals surface area contributed by atoms with Crippen LogP contribution in [-0.2, 0) is 17.9 Å². The van der Waals surface area contributed by atoms with Gasteiger partial charge in [-0.3, -0.25) is 4.79 Å². The molecule has 0 N–H and O–H groups in total. The lowest BCUT2D eigenvalue weighted by Crippen LogP contribution is -2.37. The molecule has 4 nitrogen and oxygen atoms in total. The van der Waals surface area contributed by atoms with Crippen LogP contribution in [-0.4, -0.2) is 17.9 Å². The molecule has 4 heteroatoms. The fourth-order valence-electron chi connectivity index (χ4n) is 5.12. The summed E-state index contributed by atoms with van der Waals surface area (Å²) in [5.41, 5.74) is 5.05. The quantitative estimate of drug-likeness (QED) is 0.169. The Kier molecular flexibility index (Phi) is 9.12. The maximum Gasteiger partial charge on any atom is 0.235 e. The lowest BCUT2D eigenvalue weighted by molar-refractivity contribution is -0.134. The van der Waals surface area contributed by atoms with Crippen LogP contribution in [0.15, 0.2) is 140 Å². The first-order valence-electron chi connectivity index (χ1n) is 13.9. The van der Waals surface area contributed by atoms with Crippen molar-refractivity contribution in [1.82, 2.24) is 4.90 Å². The predicted octanol–water partition coefficient (Wildman–Crippen LogP) is 8.20. The van der Waals surface area contributed by atoms with Gasteiger partial charge in [0.25, 0.3) is 0 Å². The lowest BCUT2D eigenvalue weighted by Gasteiger charge is -2.33. The molecule has 0 spiro atoms. The van der Waals surface area contributed by atoms with E-state index < -0.39 is 5.92 Å². The Hall–Kier alpha value is -4.83. The summed E-state index contributed by atoms with van der Waals surface area (Å²) in [6.45, 7) is 2.93. The summed E-state index contributed by atoms with van der Waals surface area (Å²) in [7, 11) is 1.64. The number of benzene rings is 5. The molecule has 1 atom stereocenters. The van der Waals surface area contributed by atoms with Gasteiger partial charge in [0, 0.05) is 6.54 Å². The highest BCUT2D eigenvalue weighted by molar-refractivity contribution is 5.87. The second-order valence-electron chi connectivity index (χ2n) is 10.1. The van der Waals surface area contributed by atoms with E-state index in [9.17, 15) is 4.79 Å². The maximum atomic E-state index is 14.7. The highest BCUT2D eigenvalue weighted by Gasteiger charge is 2.31. The molecule has 5 aromatic rings. The largest absolute Gasteiger partial charge is 0.493 e. The van der Waals surface area contributed by atoms with Crippen LogP contribution in [0, 0.1) is 0 Å². The molecule has 0 aliphatic heterocycles. The lowest BCUT2D eigenvalue weighted by atomic mass is 9.89. The second kappa shape index (κ2) is 13.5. The van der Waals surface area contributed by atoms with Crippen molar-refractivity contribution < 1.29 is 14.3 Å². The molecule has 5 rings (SSSR count). The van der Waals surface area contributed by atoms with Crippen LogP contribution in [0.1, 0.15) is 46.7 Å². The van der Waals surface area contributed by atoms with Crippen LogP contribution in [0.3, 0.4) is 0 Å². The molecule has 0 fully saturated rings. The average molecular weight is 542 g/mol. The fourth-order valence-corrected chi connectivity index (χ4v) is 5.12. The molecule has 1 amide bonds. The topological polar surface area (TPSA) is 38.8 Å². The molecule has 0 aliphatic rings. The Morgan fingerprint density at radius 1 is 0.634 bits per heavy atom. The molecule has 0 aromatic heterocycles. The molecular formula is C37H35NO3. The monoisotopic (exact) mass is 541 g/mol. The zero-order valence-corrected chi connectivity index (χ0v) is 23.5. The van der Waals surface area contributed by atoms with Crippen molar-refractivity contribution in [3.05, 3.63) is 167 Å². The third-order valence-electron chi connectivity index (χ3n) is 7.36. The Balaban J connectivity index is 1.51. The van der Waals surface area contributed by atoms with Crippen molar-refractivity contribution in [2.75, 3.05) is 7.11 Å². The van der Waals surface area contributed by atoms with Crippen LogP contribution in [0.5, 0.6) is 11.5 Å². The highest BCUT2D eigenvalue weighted by Crippen LogP contribution is 2.34. The molecule has 0 aliphatic carbocycles. The zero-order chi connectivity index (χ0) is 28.4. The standard InChI is InChI=1S/C37H35NO3/c1-28(31-17-9-4-10-18-31)38(37(39)36(32-19-11-5-12-20-32)33-21-13-6-14-22-33)26-30-23-24-34(40-2)35(25-30)41-27-29-15-7-3-8-16-29/h3-25,28,36H,26-27H2,1-2H3. The van der Waals surface area contributed by atoms with Crippen LogP contribution in [0.2, 0.25) is 0 Å². The minimum Gasteiger partial charge on any atom is -0.493 e. The molecular weight excluding hydrogens is 506 g/mol. The number of ether oxygens (including phenoxy) is 2. The first-order valence-corrected chi connectivity index (χ1v) is 13.9. The molecule has 0 heterocycles. The first kappa shape index (κ1) is 27.7. The van der Waals surface area contributed by atoms with Gasteiger partial charge in [0.05, 0.1) is 19.1 Å². The normalized spacial score (nSPS) is 11.6. The number of amides is 1. The van der Waals surface area contributed by atoms with Gasteiger partial charge in [0.15, 0.2) is 11.5 Å².